The second kappa shape index (κ2) is 5.05. The van der Waals surface area contributed by atoms with Gasteiger partial charge in [-0.05, 0) is 87.4 Å². The number of ketones is 1. The van der Waals surface area contributed by atoms with E-state index in [-0.39, 0.29) is 5.78 Å². The van der Waals surface area contributed by atoms with Crippen molar-refractivity contribution in [3.8, 4) is 0 Å². The summed E-state index contributed by atoms with van der Waals surface area (Å²) < 4.78 is 15.6. The first-order valence-electron chi connectivity index (χ1n) is 10.0. The molecule has 0 aromatic carbocycles. The smallest absolute Gasteiger partial charge is 0.174 e. The topological polar surface area (TPSA) is 17.1 Å². The number of hydrogen-bond acceptors (Lipinski definition) is 1. The van der Waals surface area contributed by atoms with Gasteiger partial charge in [0.1, 0.15) is 0 Å². The van der Waals surface area contributed by atoms with Crippen molar-refractivity contribution < 1.29 is 9.18 Å². The van der Waals surface area contributed by atoms with Crippen LogP contribution in [0.3, 0.4) is 0 Å². The number of Topliss-reactive ketones (excluding diaryl/α,β-unsaturated/α-hetero) is 1. The molecule has 0 aromatic heterocycles. The Morgan fingerprint density at radius 1 is 0.913 bits per heavy atom. The minimum absolute atomic E-state index is 0.210. The number of halogens is 1. The number of rotatable bonds is 1. The van der Waals surface area contributed by atoms with Crippen LogP contribution in [0.4, 0.5) is 4.39 Å². The fourth-order valence-electron chi connectivity index (χ4n) is 7.86. The highest BCUT2D eigenvalue weighted by molar-refractivity contribution is 5.86. The van der Waals surface area contributed by atoms with Gasteiger partial charge in [0.2, 0.25) is 0 Å². The van der Waals surface area contributed by atoms with E-state index in [9.17, 15) is 4.79 Å². The van der Waals surface area contributed by atoms with E-state index >= 15 is 4.39 Å². The first-order chi connectivity index (χ1) is 10.8. The van der Waals surface area contributed by atoms with Gasteiger partial charge in [-0.2, -0.15) is 0 Å². The Kier molecular flexibility index (Phi) is 3.53. The van der Waals surface area contributed by atoms with E-state index in [0.29, 0.717) is 23.7 Å². The molecule has 0 heterocycles. The molecule has 4 rings (SSSR count). The summed E-state index contributed by atoms with van der Waals surface area (Å²) in [6, 6.07) is 0. The molecule has 4 aliphatic rings. The lowest BCUT2D eigenvalue weighted by Crippen LogP contribution is -2.56. The second-order valence-corrected chi connectivity index (χ2v) is 9.75. The molecule has 0 N–H and O–H groups in total. The summed E-state index contributed by atoms with van der Waals surface area (Å²) in [5.41, 5.74) is -1.44. The lowest BCUT2D eigenvalue weighted by atomic mass is 9.44. The second-order valence-electron chi connectivity index (χ2n) is 9.75. The van der Waals surface area contributed by atoms with E-state index in [1.165, 1.54) is 45.4 Å². The largest absolute Gasteiger partial charge is 0.296 e. The average Bonchev–Trinajstić information content (AvgIpc) is 2.80. The molecule has 0 amide bonds. The van der Waals surface area contributed by atoms with Crippen LogP contribution in [0, 0.1) is 34.5 Å². The first kappa shape index (κ1) is 16.1. The zero-order valence-electron chi connectivity index (χ0n) is 15.2. The van der Waals surface area contributed by atoms with Gasteiger partial charge in [-0.15, -0.1) is 0 Å². The van der Waals surface area contributed by atoms with E-state index < -0.39 is 11.1 Å². The molecule has 0 aliphatic heterocycles. The van der Waals surface area contributed by atoms with E-state index in [0.717, 1.165) is 31.1 Å². The van der Waals surface area contributed by atoms with Crippen LogP contribution in [-0.4, -0.2) is 11.5 Å². The summed E-state index contributed by atoms with van der Waals surface area (Å²) in [5.74, 6) is 2.60. The van der Waals surface area contributed by atoms with Crippen LogP contribution < -0.4 is 0 Å². The minimum Gasteiger partial charge on any atom is -0.296 e. The Balaban J connectivity index is 1.67. The predicted molar refractivity (Wildman–Crippen MR) is 90.9 cm³/mol. The molecule has 2 heteroatoms. The van der Waals surface area contributed by atoms with Gasteiger partial charge < -0.3 is 0 Å². The molecule has 0 bridgehead atoms. The Hall–Kier alpha value is -0.400. The van der Waals surface area contributed by atoms with Crippen molar-refractivity contribution in [1.29, 1.82) is 0 Å². The molecule has 0 saturated heterocycles. The summed E-state index contributed by atoms with van der Waals surface area (Å²) >= 11 is 0. The van der Waals surface area contributed by atoms with Crippen LogP contribution in [0.15, 0.2) is 0 Å². The third-order valence-electron chi connectivity index (χ3n) is 9.24. The number of carbonyl (C=O) groups is 1. The van der Waals surface area contributed by atoms with Gasteiger partial charge in [0, 0.05) is 5.41 Å². The van der Waals surface area contributed by atoms with Gasteiger partial charge >= 0.3 is 0 Å². The maximum Gasteiger partial charge on any atom is 0.174 e. The minimum atomic E-state index is -1.55. The van der Waals surface area contributed by atoms with Crippen molar-refractivity contribution in [3.05, 3.63) is 0 Å². The highest BCUT2D eigenvalue weighted by Crippen LogP contribution is 2.69. The van der Waals surface area contributed by atoms with E-state index in [1.807, 2.05) is 0 Å². The molecular weight excluding hydrogens is 287 g/mol. The van der Waals surface area contributed by atoms with Crippen molar-refractivity contribution in [1.82, 2.24) is 0 Å². The molecular formula is C21H33FO. The summed E-state index contributed by atoms with van der Waals surface area (Å²) in [5, 5.41) is 0. The number of alkyl halides is 1. The van der Waals surface area contributed by atoms with Crippen LogP contribution in [0.25, 0.3) is 0 Å². The van der Waals surface area contributed by atoms with Crippen LogP contribution in [0.5, 0.6) is 0 Å². The van der Waals surface area contributed by atoms with Gasteiger partial charge in [0.25, 0.3) is 0 Å². The van der Waals surface area contributed by atoms with Crippen molar-refractivity contribution in [2.24, 2.45) is 34.5 Å². The van der Waals surface area contributed by atoms with E-state index in [2.05, 4.69) is 13.8 Å². The molecule has 4 fully saturated rings. The summed E-state index contributed by atoms with van der Waals surface area (Å²) in [7, 11) is 0. The van der Waals surface area contributed by atoms with Gasteiger partial charge in [-0.3, -0.25) is 4.79 Å². The Morgan fingerprint density at radius 3 is 2.39 bits per heavy atom. The van der Waals surface area contributed by atoms with Gasteiger partial charge in [-0.25, -0.2) is 4.39 Å². The number of hydrogen-bond donors (Lipinski definition) is 0. The van der Waals surface area contributed by atoms with Crippen LogP contribution in [0.1, 0.15) is 85.0 Å². The Labute approximate surface area is 140 Å². The molecule has 4 aliphatic carbocycles. The van der Waals surface area contributed by atoms with Crippen LogP contribution in [-0.2, 0) is 4.79 Å². The summed E-state index contributed by atoms with van der Waals surface area (Å²) in [6.07, 6.45) is 11.7. The van der Waals surface area contributed by atoms with Gasteiger partial charge in [0.05, 0.1) is 0 Å². The molecule has 0 radical (unpaired) electrons. The molecule has 1 unspecified atom stereocenters. The first-order valence-corrected chi connectivity index (χ1v) is 10.0. The molecule has 130 valence electrons. The molecule has 7 atom stereocenters. The van der Waals surface area contributed by atoms with E-state index in [1.54, 1.807) is 0 Å². The number of carbonyl (C=O) groups excluding carboxylic acids is 1. The number of fused-ring (bicyclic) bond motifs is 5. The average molecular weight is 320 g/mol. The van der Waals surface area contributed by atoms with Crippen molar-refractivity contribution in [3.63, 3.8) is 0 Å². The lowest BCUT2D eigenvalue weighted by molar-refractivity contribution is -0.152. The van der Waals surface area contributed by atoms with Crippen LogP contribution in [0.2, 0.25) is 0 Å². The lowest BCUT2D eigenvalue weighted by Gasteiger charge is -2.60. The molecule has 23 heavy (non-hydrogen) atoms. The monoisotopic (exact) mass is 320 g/mol. The molecule has 1 nitrogen and oxygen atoms in total. The highest BCUT2D eigenvalue weighted by atomic mass is 19.1. The van der Waals surface area contributed by atoms with Gasteiger partial charge in [0.15, 0.2) is 11.5 Å². The maximum absolute atomic E-state index is 15.6. The zero-order valence-corrected chi connectivity index (χ0v) is 15.2. The standard InChI is InChI=1S/C21H33FO/c1-14(23)21(22)13-10-18-16-8-7-15-6-4-5-11-19(15,2)17(16)9-12-20(18,21)3/h15-18H,4-13H2,1-3H3/t15?,16-,17+,18+,19+,20+,21+/m1/s1. The Bertz CT molecular complexity index is 516. The highest BCUT2D eigenvalue weighted by Gasteiger charge is 2.66. The van der Waals surface area contributed by atoms with E-state index in [4.69, 9.17) is 0 Å². The fourth-order valence-corrected chi connectivity index (χ4v) is 7.86. The quantitative estimate of drug-likeness (QED) is 0.604. The summed E-state index contributed by atoms with van der Waals surface area (Å²) in [4.78, 5) is 12.1. The van der Waals surface area contributed by atoms with Crippen molar-refractivity contribution >= 4 is 5.78 Å². The fraction of sp³-hybridized carbons (Fsp3) is 0.952. The summed E-state index contributed by atoms with van der Waals surface area (Å²) in [6.45, 7) is 6.15. The molecule has 0 spiro atoms. The van der Waals surface area contributed by atoms with Crippen molar-refractivity contribution in [2.75, 3.05) is 0 Å². The van der Waals surface area contributed by atoms with Gasteiger partial charge in [-0.1, -0.05) is 26.7 Å². The predicted octanol–water partition coefficient (Wildman–Crippen LogP) is 5.72. The SMILES string of the molecule is CC(=O)[C@@]1(F)CC[C@H]2[C@@H]3CCC4CCCC[C@]4(C)[C@H]3CC[C@@]21C. The Morgan fingerprint density at radius 2 is 1.65 bits per heavy atom. The maximum atomic E-state index is 15.6. The van der Waals surface area contributed by atoms with Crippen molar-refractivity contribution in [2.45, 2.75) is 90.6 Å². The molecule has 4 saturated carbocycles. The third-order valence-corrected chi connectivity index (χ3v) is 9.24. The van der Waals surface area contributed by atoms with Crippen LogP contribution >= 0.6 is 0 Å². The zero-order chi connectivity index (χ0) is 16.5. The normalized spacial score (nSPS) is 55.7. The molecule has 0 aromatic rings. The third kappa shape index (κ3) is 1.93.